The highest BCUT2D eigenvalue weighted by molar-refractivity contribution is 8.05. The van der Waals surface area contributed by atoms with E-state index in [0.717, 1.165) is 23.1 Å². The number of rotatable bonds is 7. The third kappa shape index (κ3) is 5.46. The van der Waals surface area contributed by atoms with Crippen LogP contribution in [0.3, 0.4) is 0 Å². The second kappa shape index (κ2) is 8.81. The third-order valence-corrected chi connectivity index (χ3v) is 5.10. The van der Waals surface area contributed by atoms with Crippen molar-refractivity contribution in [3.05, 3.63) is 60.2 Å². The van der Waals surface area contributed by atoms with Gasteiger partial charge in [-0.05, 0) is 48.4 Å². The summed E-state index contributed by atoms with van der Waals surface area (Å²) in [5.74, 6) is 0.430. The van der Waals surface area contributed by atoms with Crippen LogP contribution >= 0.6 is 23.5 Å². The van der Waals surface area contributed by atoms with E-state index in [-0.39, 0.29) is 11.0 Å². The number of nitriles is 1. The summed E-state index contributed by atoms with van der Waals surface area (Å²) in [7, 11) is 0. The number of benzene rings is 2. The number of ketones is 1. The molecule has 2 rings (SSSR count). The predicted molar refractivity (Wildman–Crippen MR) is 97.8 cm³/mol. The molecule has 0 aromatic heterocycles. The Morgan fingerprint density at radius 1 is 1.04 bits per heavy atom. The van der Waals surface area contributed by atoms with Crippen molar-refractivity contribution in [2.45, 2.75) is 35.3 Å². The monoisotopic (exact) mass is 341 g/mol. The molecule has 1 unspecified atom stereocenters. The molecule has 118 valence electrons. The number of thioether (sulfide) groups is 1. The molecule has 0 amide bonds. The minimum atomic E-state index is -0.285. The normalized spacial score (nSPS) is 11.9. The van der Waals surface area contributed by atoms with Crippen LogP contribution in [0.4, 0.5) is 0 Å². The van der Waals surface area contributed by atoms with E-state index in [2.05, 4.69) is 31.4 Å². The number of carbonyl (C=O) groups is 1. The van der Waals surface area contributed by atoms with Gasteiger partial charge in [-0.3, -0.25) is 4.79 Å². The first-order valence-electron chi connectivity index (χ1n) is 7.52. The number of Topliss-reactive ketones (excluding diaryl/α,β-unsaturated/α-hetero) is 1. The molecule has 0 radical (unpaired) electrons. The summed E-state index contributed by atoms with van der Waals surface area (Å²) in [5, 5.41) is 10.7. The Hall–Kier alpha value is -1.70. The molecule has 4 heteroatoms. The summed E-state index contributed by atoms with van der Waals surface area (Å²) in [6.45, 7) is 4.13. The quantitative estimate of drug-likeness (QED) is 0.482. The molecule has 2 nitrogen and oxygen atoms in total. The van der Waals surface area contributed by atoms with Crippen LogP contribution in [0.5, 0.6) is 0 Å². The number of carbonyl (C=O) groups excluding carboxylic acids is 1. The summed E-state index contributed by atoms with van der Waals surface area (Å²) in [4.78, 5) is 14.8. The maximum absolute atomic E-state index is 12.6. The highest BCUT2D eigenvalue weighted by Crippen LogP contribution is 2.28. The molecule has 0 fully saturated rings. The summed E-state index contributed by atoms with van der Waals surface area (Å²) >= 11 is 2.73. The van der Waals surface area contributed by atoms with E-state index < -0.39 is 0 Å². The molecule has 0 aliphatic carbocycles. The largest absolute Gasteiger partial charge is 0.293 e. The molecule has 0 bridgehead atoms. The van der Waals surface area contributed by atoms with E-state index in [0.29, 0.717) is 11.5 Å². The van der Waals surface area contributed by atoms with Gasteiger partial charge in [0.15, 0.2) is 5.78 Å². The van der Waals surface area contributed by atoms with E-state index >= 15 is 0 Å². The van der Waals surface area contributed by atoms with Gasteiger partial charge < -0.3 is 0 Å². The van der Waals surface area contributed by atoms with Gasteiger partial charge in [-0.25, -0.2) is 0 Å². The standard InChI is InChI=1S/C19H19NOS2/c1-14(2)12-18(22-13-20)19(21)15-8-10-17(11-9-15)23-16-6-4-3-5-7-16/h3-11,14,18H,12H2,1-2H3. The van der Waals surface area contributed by atoms with Crippen molar-refractivity contribution >= 4 is 29.3 Å². The Labute approximate surface area is 146 Å². The first-order chi connectivity index (χ1) is 11.1. The third-order valence-electron chi connectivity index (χ3n) is 3.29. The van der Waals surface area contributed by atoms with Crippen LogP contribution in [0.1, 0.15) is 30.6 Å². The van der Waals surface area contributed by atoms with Crippen LogP contribution in [0.2, 0.25) is 0 Å². The van der Waals surface area contributed by atoms with Gasteiger partial charge in [0.05, 0.1) is 5.25 Å². The van der Waals surface area contributed by atoms with Crippen LogP contribution in [0.25, 0.3) is 0 Å². The fourth-order valence-corrected chi connectivity index (χ4v) is 3.89. The Morgan fingerprint density at radius 3 is 2.22 bits per heavy atom. The second-order valence-electron chi connectivity index (χ2n) is 5.63. The first kappa shape index (κ1) is 17.7. The predicted octanol–water partition coefficient (Wildman–Crippen LogP) is 5.65. The highest BCUT2D eigenvalue weighted by atomic mass is 32.2. The second-order valence-corrected chi connectivity index (χ2v) is 7.77. The van der Waals surface area contributed by atoms with Gasteiger partial charge in [0.25, 0.3) is 0 Å². The van der Waals surface area contributed by atoms with Crippen molar-refractivity contribution in [1.82, 2.24) is 0 Å². The number of nitrogens with zero attached hydrogens (tertiary/aromatic N) is 1. The van der Waals surface area contributed by atoms with Gasteiger partial charge in [-0.1, -0.05) is 55.9 Å². The van der Waals surface area contributed by atoms with Crippen molar-refractivity contribution < 1.29 is 4.79 Å². The lowest BCUT2D eigenvalue weighted by atomic mass is 10.0. The molecule has 23 heavy (non-hydrogen) atoms. The Bertz CT molecular complexity index is 675. The zero-order valence-electron chi connectivity index (χ0n) is 13.2. The molecular formula is C19H19NOS2. The van der Waals surface area contributed by atoms with E-state index in [1.54, 1.807) is 11.8 Å². The minimum absolute atomic E-state index is 0.0431. The maximum Gasteiger partial charge on any atom is 0.176 e. The average Bonchev–Trinajstić information content (AvgIpc) is 2.55. The van der Waals surface area contributed by atoms with Gasteiger partial charge in [-0.2, -0.15) is 5.26 Å². The van der Waals surface area contributed by atoms with E-state index in [1.165, 1.54) is 4.90 Å². The van der Waals surface area contributed by atoms with Gasteiger partial charge in [0.2, 0.25) is 0 Å². The summed E-state index contributed by atoms with van der Waals surface area (Å²) in [6.07, 6.45) is 0.720. The molecular weight excluding hydrogens is 322 g/mol. The Kier molecular flexibility index (Phi) is 6.76. The maximum atomic E-state index is 12.6. The molecule has 0 saturated carbocycles. The van der Waals surface area contributed by atoms with Crippen LogP contribution in [0.15, 0.2) is 64.4 Å². The van der Waals surface area contributed by atoms with Crippen LogP contribution in [0, 0.1) is 16.6 Å². The number of hydrogen-bond donors (Lipinski definition) is 0. The van der Waals surface area contributed by atoms with Crippen LogP contribution < -0.4 is 0 Å². The molecule has 0 heterocycles. The average molecular weight is 342 g/mol. The Balaban J connectivity index is 2.08. The highest BCUT2D eigenvalue weighted by Gasteiger charge is 2.22. The molecule has 2 aromatic rings. The van der Waals surface area contributed by atoms with Crippen molar-refractivity contribution in [1.29, 1.82) is 5.26 Å². The van der Waals surface area contributed by atoms with Crippen molar-refractivity contribution in [2.75, 3.05) is 0 Å². The van der Waals surface area contributed by atoms with Gasteiger partial charge >= 0.3 is 0 Å². The zero-order valence-corrected chi connectivity index (χ0v) is 14.9. The van der Waals surface area contributed by atoms with Gasteiger partial charge in [0.1, 0.15) is 5.40 Å². The lowest BCUT2D eigenvalue weighted by molar-refractivity contribution is 0.0982. The lowest BCUT2D eigenvalue weighted by Crippen LogP contribution is -2.19. The molecule has 0 spiro atoms. The first-order valence-corrected chi connectivity index (χ1v) is 9.21. The lowest BCUT2D eigenvalue weighted by Gasteiger charge is -2.14. The van der Waals surface area contributed by atoms with Crippen molar-refractivity contribution in [2.24, 2.45) is 5.92 Å². The zero-order chi connectivity index (χ0) is 16.7. The smallest absolute Gasteiger partial charge is 0.176 e. The minimum Gasteiger partial charge on any atom is -0.293 e. The van der Waals surface area contributed by atoms with Crippen LogP contribution in [-0.4, -0.2) is 11.0 Å². The molecule has 2 aromatic carbocycles. The number of thiocyanates is 1. The molecule has 0 saturated heterocycles. The number of hydrogen-bond acceptors (Lipinski definition) is 4. The van der Waals surface area contributed by atoms with E-state index in [4.69, 9.17) is 5.26 Å². The van der Waals surface area contributed by atoms with Crippen LogP contribution in [-0.2, 0) is 0 Å². The molecule has 0 aliphatic heterocycles. The molecule has 0 N–H and O–H groups in total. The molecule has 1 atom stereocenters. The molecule has 0 aliphatic rings. The summed E-state index contributed by atoms with van der Waals surface area (Å²) in [5.41, 5.74) is 0.677. The summed E-state index contributed by atoms with van der Waals surface area (Å²) in [6, 6.07) is 17.8. The summed E-state index contributed by atoms with van der Waals surface area (Å²) < 4.78 is 0. The fraction of sp³-hybridized carbons (Fsp3) is 0.263. The van der Waals surface area contributed by atoms with Gasteiger partial charge in [-0.15, -0.1) is 0 Å². The van der Waals surface area contributed by atoms with E-state index in [9.17, 15) is 4.79 Å². The topological polar surface area (TPSA) is 40.9 Å². The Morgan fingerprint density at radius 2 is 1.65 bits per heavy atom. The van der Waals surface area contributed by atoms with Crippen molar-refractivity contribution in [3.63, 3.8) is 0 Å². The van der Waals surface area contributed by atoms with E-state index in [1.807, 2.05) is 42.5 Å². The fourth-order valence-electron chi connectivity index (χ4n) is 2.20. The van der Waals surface area contributed by atoms with Crippen molar-refractivity contribution in [3.8, 4) is 5.40 Å². The SMILES string of the molecule is CC(C)CC(SC#N)C(=O)c1ccc(Sc2ccccc2)cc1. The van der Waals surface area contributed by atoms with Gasteiger partial charge in [0, 0.05) is 15.4 Å².